The van der Waals surface area contributed by atoms with E-state index in [9.17, 15) is 0 Å². The van der Waals surface area contributed by atoms with Crippen molar-refractivity contribution in [1.29, 1.82) is 0 Å². The summed E-state index contributed by atoms with van der Waals surface area (Å²) in [5.41, 5.74) is 3.79. The zero-order valence-electron chi connectivity index (χ0n) is 17.0. The third-order valence-electron chi connectivity index (χ3n) is 5.12. The van der Waals surface area contributed by atoms with E-state index in [0.29, 0.717) is 6.61 Å². The van der Waals surface area contributed by atoms with Crippen LogP contribution in [0.25, 0.3) is 28.0 Å². The molecule has 0 unspecified atom stereocenters. The zero-order valence-corrected chi connectivity index (χ0v) is 17.0. The summed E-state index contributed by atoms with van der Waals surface area (Å²) in [5.74, 6) is 0.843. The quantitative estimate of drug-likeness (QED) is 0.436. The van der Waals surface area contributed by atoms with Gasteiger partial charge in [-0.3, -0.25) is 0 Å². The van der Waals surface area contributed by atoms with Crippen molar-refractivity contribution in [2.24, 2.45) is 0 Å². The smallest absolute Gasteiger partial charge is 0.163 e. The maximum absolute atomic E-state index is 6.00. The van der Waals surface area contributed by atoms with Gasteiger partial charge in [0.15, 0.2) is 5.65 Å². The fraction of sp³-hybridized carbons (Fsp3) is 0.250. The predicted molar refractivity (Wildman–Crippen MR) is 118 cm³/mol. The van der Waals surface area contributed by atoms with Gasteiger partial charge in [-0.1, -0.05) is 50.2 Å². The summed E-state index contributed by atoms with van der Waals surface area (Å²) in [6, 6.07) is 22.3. The van der Waals surface area contributed by atoms with Gasteiger partial charge in [-0.05, 0) is 37.4 Å². The summed E-state index contributed by atoms with van der Waals surface area (Å²) < 4.78 is 7.90. The molecule has 4 aromatic rings. The minimum Gasteiger partial charge on any atom is -0.492 e. The summed E-state index contributed by atoms with van der Waals surface area (Å²) >= 11 is 0. The summed E-state index contributed by atoms with van der Waals surface area (Å²) in [6.07, 6.45) is 1.81. The van der Waals surface area contributed by atoms with Gasteiger partial charge in [0.1, 0.15) is 18.1 Å². The highest BCUT2D eigenvalue weighted by Crippen LogP contribution is 2.29. The summed E-state index contributed by atoms with van der Waals surface area (Å²) in [7, 11) is 0. The van der Waals surface area contributed by atoms with Crippen LogP contribution in [0.3, 0.4) is 0 Å². The molecule has 0 saturated heterocycles. The Hall–Kier alpha value is -3.18. The highest BCUT2D eigenvalue weighted by atomic mass is 16.5. The highest BCUT2D eigenvalue weighted by molar-refractivity contribution is 5.91. The normalized spacial score (nSPS) is 11.3. The van der Waals surface area contributed by atoms with Crippen LogP contribution in [0, 0.1) is 0 Å². The molecule has 5 nitrogen and oxygen atoms in total. The molecule has 2 aromatic carbocycles. The second kappa shape index (κ2) is 8.88. The Bertz CT molecular complexity index is 1070. The van der Waals surface area contributed by atoms with Crippen LogP contribution < -0.4 is 4.74 Å². The van der Waals surface area contributed by atoms with Gasteiger partial charge < -0.3 is 9.64 Å². The van der Waals surface area contributed by atoms with Gasteiger partial charge in [0.05, 0.1) is 5.69 Å². The van der Waals surface area contributed by atoms with Gasteiger partial charge in [0, 0.05) is 29.8 Å². The van der Waals surface area contributed by atoms with E-state index in [0.717, 1.165) is 53.4 Å². The second-order valence-electron chi connectivity index (χ2n) is 6.87. The lowest BCUT2D eigenvalue weighted by Crippen LogP contribution is -2.27. The van der Waals surface area contributed by atoms with E-state index in [1.807, 2.05) is 53.2 Å². The molecule has 29 heavy (non-hydrogen) atoms. The molecule has 0 saturated carbocycles. The van der Waals surface area contributed by atoms with Gasteiger partial charge in [0.2, 0.25) is 0 Å². The van der Waals surface area contributed by atoms with E-state index >= 15 is 0 Å². The Morgan fingerprint density at radius 1 is 0.931 bits per heavy atom. The third kappa shape index (κ3) is 4.15. The number of fused-ring (bicyclic) bond motifs is 1. The Morgan fingerprint density at radius 2 is 1.76 bits per heavy atom. The number of likely N-dealkylation sites (N-methyl/N-ethyl adjacent to an activating group) is 1. The molecule has 0 spiro atoms. The van der Waals surface area contributed by atoms with Gasteiger partial charge >= 0.3 is 0 Å². The van der Waals surface area contributed by atoms with Crippen molar-refractivity contribution in [3.05, 3.63) is 72.9 Å². The maximum Gasteiger partial charge on any atom is 0.163 e. The first kappa shape index (κ1) is 19.2. The molecule has 0 bridgehead atoms. The zero-order chi connectivity index (χ0) is 20.1. The standard InChI is InChI=1S/C24H26N4O/c1-3-27(4-2)16-17-29-21-13-8-12-20(18-21)28-24-22(14-9-15-25-24)23(26-28)19-10-6-5-7-11-19/h5-15,18H,3-4,16-17H2,1-2H3. The molecule has 0 atom stereocenters. The number of hydrogen-bond donors (Lipinski definition) is 0. The van der Waals surface area contributed by atoms with Crippen molar-refractivity contribution < 1.29 is 4.74 Å². The molecular weight excluding hydrogens is 360 g/mol. The molecule has 0 aliphatic heterocycles. The first-order chi connectivity index (χ1) is 14.3. The molecule has 2 aromatic heterocycles. The van der Waals surface area contributed by atoms with Gasteiger partial charge in [0.25, 0.3) is 0 Å². The minimum absolute atomic E-state index is 0.665. The fourth-order valence-corrected chi connectivity index (χ4v) is 3.48. The van der Waals surface area contributed by atoms with Crippen LogP contribution in [-0.4, -0.2) is 45.9 Å². The maximum atomic E-state index is 6.00. The van der Waals surface area contributed by atoms with E-state index in [4.69, 9.17) is 9.84 Å². The lowest BCUT2D eigenvalue weighted by Gasteiger charge is -2.18. The van der Waals surface area contributed by atoms with Crippen LogP contribution in [-0.2, 0) is 0 Å². The van der Waals surface area contributed by atoms with E-state index in [1.54, 1.807) is 6.20 Å². The molecule has 0 amide bonds. The molecule has 2 heterocycles. The lowest BCUT2D eigenvalue weighted by atomic mass is 10.1. The van der Waals surface area contributed by atoms with Crippen molar-refractivity contribution in [1.82, 2.24) is 19.7 Å². The number of benzene rings is 2. The molecule has 5 heteroatoms. The van der Waals surface area contributed by atoms with Crippen LogP contribution in [0.15, 0.2) is 72.9 Å². The van der Waals surface area contributed by atoms with E-state index in [-0.39, 0.29) is 0 Å². The van der Waals surface area contributed by atoms with Gasteiger partial charge in [-0.25, -0.2) is 9.67 Å². The molecule has 0 fully saturated rings. The molecule has 0 N–H and O–H groups in total. The van der Waals surface area contributed by atoms with Crippen LogP contribution in [0.5, 0.6) is 5.75 Å². The third-order valence-corrected chi connectivity index (χ3v) is 5.12. The predicted octanol–water partition coefficient (Wildman–Crippen LogP) is 4.81. The largest absolute Gasteiger partial charge is 0.492 e. The van der Waals surface area contributed by atoms with E-state index in [1.165, 1.54) is 0 Å². The van der Waals surface area contributed by atoms with Crippen molar-refractivity contribution in [2.45, 2.75) is 13.8 Å². The summed E-state index contributed by atoms with van der Waals surface area (Å²) in [6.45, 7) is 7.99. The van der Waals surface area contributed by atoms with Crippen LogP contribution in [0.2, 0.25) is 0 Å². The highest BCUT2D eigenvalue weighted by Gasteiger charge is 2.14. The van der Waals surface area contributed by atoms with Crippen molar-refractivity contribution in [3.63, 3.8) is 0 Å². The molecule has 0 aliphatic carbocycles. The monoisotopic (exact) mass is 386 g/mol. The van der Waals surface area contributed by atoms with Crippen LogP contribution in [0.1, 0.15) is 13.8 Å². The number of rotatable bonds is 8. The Balaban J connectivity index is 1.65. The lowest BCUT2D eigenvalue weighted by molar-refractivity contribution is 0.223. The summed E-state index contributed by atoms with van der Waals surface area (Å²) in [5, 5.41) is 5.93. The second-order valence-corrected chi connectivity index (χ2v) is 6.87. The molecular formula is C24H26N4O. The van der Waals surface area contributed by atoms with Crippen LogP contribution in [0.4, 0.5) is 0 Å². The molecule has 148 valence electrons. The molecule has 4 rings (SSSR count). The average Bonchev–Trinajstić information content (AvgIpc) is 3.17. The Morgan fingerprint density at radius 3 is 2.55 bits per heavy atom. The summed E-state index contributed by atoms with van der Waals surface area (Å²) in [4.78, 5) is 6.94. The molecule has 0 aliphatic rings. The van der Waals surface area contributed by atoms with Crippen molar-refractivity contribution in [3.8, 4) is 22.7 Å². The topological polar surface area (TPSA) is 43.2 Å². The molecule has 0 radical (unpaired) electrons. The van der Waals surface area contributed by atoms with E-state index < -0.39 is 0 Å². The minimum atomic E-state index is 0.665. The first-order valence-corrected chi connectivity index (χ1v) is 10.1. The van der Waals surface area contributed by atoms with Crippen molar-refractivity contribution >= 4 is 11.0 Å². The number of nitrogens with zero attached hydrogens (tertiary/aromatic N) is 4. The Kier molecular flexibility index (Phi) is 5.86. The first-order valence-electron chi connectivity index (χ1n) is 10.1. The Labute approximate surface area is 171 Å². The van der Waals surface area contributed by atoms with Crippen LogP contribution >= 0.6 is 0 Å². The SMILES string of the molecule is CCN(CC)CCOc1cccc(-n2nc(-c3ccccc3)c3cccnc32)c1. The van der Waals surface area contributed by atoms with Crippen molar-refractivity contribution in [2.75, 3.05) is 26.2 Å². The fourth-order valence-electron chi connectivity index (χ4n) is 3.48. The number of pyridine rings is 1. The van der Waals surface area contributed by atoms with Gasteiger partial charge in [-0.2, -0.15) is 5.10 Å². The van der Waals surface area contributed by atoms with Gasteiger partial charge in [-0.15, -0.1) is 0 Å². The number of aromatic nitrogens is 3. The number of ether oxygens (including phenoxy) is 1. The van der Waals surface area contributed by atoms with E-state index in [2.05, 4.69) is 41.9 Å². The average molecular weight is 386 g/mol. The number of hydrogen-bond acceptors (Lipinski definition) is 4.